The summed E-state index contributed by atoms with van der Waals surface area (Å²) in [6.45, 7) is 5.44. The number of carbonyl (C=O) groups excluding carboxylic acids is 1. The number of carbonyl (C=O) groups is 1. The Morgan fingerprint density at radius 2 is 1.77 bits per heavy atom. The molecular weight excluding hydrogens is 398 g/mol. The smallest absolute Gasteiger partial charge is 0.265 e. The second-order valence-corrected chi connectivity index (χ2v) is 9.16. The largest absolute Gasteiger partial charge is 0.383 e. The minimum Gasteiger partial charge on any atom is -0.383 e. The van der Waals surface area contributed by atoms with Crippen molar-refractivity contribution in [1.82, 2.24) is 4.90 Å². The Morgan fingerprint density at radius 1 is 1.03 bits per heavy atom. The third-order valence-electron chi connectivity index (χ3n) is 5.52. The van der Waals surface area contributed by atoms with Crippen LogP contribution in [-0.4, -0.2) is 38.9 Å². The summed E-state index contributed by atoms with van der Waals surface area (Å²) in [4.78, 5) is 13.9. The molecule has 0 saturated heterocycles. The molecule has 7 heteroatoms. The molecule has 6 nitrogen and oxygen atoms in total. The predicted octanol–water partition coefficient (Wildman–Crippen LogP) is 3.83. The molecule has 0 spiro atoms. The van der Waals surface area contributed by atoms with Gasteiger partial charge in [0.05, 0.1) is 17.1 Å². The summed E-state index contributed by atoms with van der Waals surface area (Å²) in [7, 11) is -3.56. The first-order valence-corrected chi connectivity index (χ1v) is 11.5. The van der Waals surface area contributed by atoms with Crippen LogP contribution < -0.4 is 9.62 Å². The fourth-order valence-corrected chi connectivity index (χ4v) is 5.68. The highest BCUT2D eigenvalue weighted by Gasteiger charge is 2.34. The second-order valence-electron chi connectivity index (χ2n) is 7.33. The average molecular weight is 424 g/mol. The summed E-state index contributed by atoms with van der Waals surface area (Å²) in [5.74, 6) is 0.0290. The van der Waals surface area contributed by atoms with E-state index in [0.717, 1.165) is 27.7 Å². The van der Waals surface area contributed by atoms with Gasteiger partial charge in [-0.1, -0.05) is 42.5 Å². The number of hydrogen-bond donors (Lipinski definition) is 1. The number of nitrogens with one attached hydrogen (secondary N) is 1. The van der Waals surface area contributed by atoms with Crippen molar-refractivity contribution in [2.75, 3.05) is 29.3 Å². The lowest BCUT2D eigenvalue weighted by atomic mass is 10.1. The van der Waals surface area contributed by atoms with Crippen LogP contribution in [0.1, 0.15) is 19.4 Å². The molecule has 156 valence electrons. The zero-order valence-corrected chi connectivity index (χ0v) is 17.9. The van der Waals surface area contributed by atoms with Crippen molar-refractivity contribution in [3.63, 3.8) is 0 Å². The van der Waals surface area contributed by atoms with Gasteiger partial charge in [-0.05, 0) is 36.1 Å². The van der Waals surface area contributed by atoms with Crippen molar-refractivity contribution in [3.8, 4) is 0 Å². The molecule has 0 radical (unpaired) electrons. The van der Waals surface area contributed by atoms with E-state index >= 15 is 0 Å². The molecule has 4 rings (SSSR count). The van der Waals surface area contributed by atoms with Crippen LogP contribution in [0.2, 0.25) is 0 Å². The number of sulfonamides is 1. The number of para-hydroxylation sites is 1. The van der Waals surface area contributed by atoms with Crippen molar-refractivity contribution in [1.29, 1.82) is 0 Å². The van der Waals surface area contributed by atoms with E-state index in [0.29, 0.717) is 31.1 Å². The van der Waals surface area contributed by atoms with Gasteiger partial charge in [0.2, 0.25) is 5.91 Å². The number of nitrogens with zero attached hydrogens (tertiary/aromatic N) is 2. The SMILES string of the molecule is CCN(Cc1ccccc1NCCN1c2cccc3cccc(c23)S1(=O)=O)C(C)=O. The quantitative estimate of drug-likeness (QED) is 0.627. The van der Waals surface area contributed by atoms with Crippen LogP contribution in [0.15, 0.2) is 65.6 Å². The Bertz CT molecular complexity index is 1200. The Labute approximate surface area is 177 Å². The molecule has 0 unspecified atom stereocenters. The van der Waals surface area contributed by atoms with Crippen LogP contribution in [0.4, 0.5) is 11.4 Å². The molecule has 0 saturated carbocycles. The van der Waals surface area contributed by atoms with Gasteiger partial charge in [0.1, 0.15) is 0 Å². The second kappa shape index (κ2) is 7.99. The van der Waals surface area contributed by atoms with Gasteiger partial charge in [0.25, 0.3) is 10.0 Å². The van der Waals surface area contributed by atoms with E-state index in [1.807, 2.05) is 55.5 Å². The molecule has 1 N–H and O–H groups in total. The number of amides is 1. The van der Waals surface area contributed by atoms with Gasteiger partial charge in [-0.2, -0.15) is 0 Å². The summed E-state index contributed by atoms with van der Waals surface area (Å²) < 4.78 is 27.7. The molecule has 0 fully saturated rings. The Kier molecular flexibility index (Phi) is 5.39. The van der Waals surface area contributed by atoms with Crippen molar-refractivity contribution in [2.24, 2.45) is 0 Å². The first kappa shape index (κ1) is 20.2. The number of hydrogen-bond acceptors (Lipinski definition) is 4. The molecule has 30 heavy (non-hydrogen) atoms. The summed E-state index contributed by atoms with van der Waals surface area (Å²) in [6.07, 6.45) is 0. The van der Waals surface area contributed by atoms with Crippen LogP contribution in [-0.2, 0) is 21.4 Å². The van der Waals surface area contributed by atoms with Crippen LogP contribution >= 0.6 is 0 Å². The number of benzene rings is 3. The fraction of sp³-hybridized carbons (Fsp3) is 0.261. The zero-order chi connectivity index (χ0) is 21.3. The van der Waals surface area contributed by atoms with Crippen LogP contribution in [0.3, 0.4) is 0 Å². The van der Waals surface area contributed by atoms with Crippen LogP contribution in [0.25, 0.3) is 10.8 Å². The van der Waals surface area contributed by atoms with Gasteiger partial charge in [0.15, 0.2) is 0 Å². The highest BCUT2D eigenvalue weighted by atomic mass is 32.2. The Balaban J connectivity index is 1.52. The van der Waals surface area contributed by atoms with Gasteiger partial charge >= 0.3 is 0 Å². The summed E-state index contributed by atoms with van der Waals surface area (Å²) in [6, 6.07) is 18.9. The topological polar surface area (TPSA) is 69.7 Å². The van der Waals surface area contributed by atoms with E-state index in [1.165, 1.54) is 4.31 Å². The third kappa shape index (κ3) is 3.50. The Hall–Kier alpha value is -3.06. The lowest BCUT2D eigenvalue weighted by Gasteiger charge is -2.22. The predicted molar refractivity (Wildman–Crippen MR) is 120 cm³/mol. The molecule has 0 atom stereocenters. The number of rotatable bonds is 7. The highest BCUT2D eigenvalue weighted by Crippen LogP contribution is 2.41. The maximum atomic E-state index is 13.1. The van der Waals surface area contributed by atoms with E-state index in [2.05, 4.69) is 5.32 Å². The Morgan fingerprint density at radius 3 is 2.50 bits per heavy atom. The minimum atomic E-state index is -3.56. The summed E-state index contributed by atoms with van der Waals surface area (Å²) >= 11 is 0. The summed E-state index contributed by atoms with van der Waals surface area (Å²) in [5, 5.41) is 5.08. The first-order chi connectivity index (χ1) is 14.4. The van der Waals surface area contributed by atoms with Gasteiger partial charge in [-0.25, -0.2) is 8.42 Å². The number of anilines is 2. The standard InChI is InChI=1S/C23H25N3O3S/c1-3-25(17(2)27)16-19-8-4-5-11-20(19)24-14-15-26-21-12-6-9-18-10-7-13-22(23(18)21)30(26,28)29/h4-13,24H,3,14-16H2,1-2H3. The van der Waals surface area contributed by atoms with Crippen molar-refractivity contribution < 1.29 is 13.2 Å². The van der Waals surface area contributed by atoms with Crippen molar-refractivity contribution in [2.45, 2.75) is 25.3 Å². The molecule has 1 aliphatic rings. The average Bonchev–Trinajstić information content (AvgIpc) is 2.96. The van der Waals surface area contributed by atoms with E-state index in [4.69, 9.17) is 0 Å². The monoisotopic (exact) mass is 423 g/mol. The molecule has 1 heterocycles. The highest BCUT2D eigenvalue weighted by molar-refractivity contribution is 7.93. The third-order valence-corrected chi connectivity index (χ3v) is 7.37. The lowest BCUT2D eigenvalue weighted by molar-refractivity contribution is -0.129. The lowest BCUT2D eigenvalue weighted by Crippen LogP contribution is -2.32. The molecule has 1 amide bonds. The van der Waals surface area contributed by atoms with Crippen LogP contribution in [0, 0.1) is 0 Å². The van der Waals surface area contributed by atoms with Gasteiger partial charge in [0, 0.05) is 37.6 Å². The first-order valence-electron chi connectivity index (χ1n) is 10.0. The molecule has 0 aromatic heterocycles. The van der Waals surface area contributed by atoms with E-state index in [-0.39, 0.29) is 5.91 Å². The van der Waals surface area contributed by atoms with E-state index in [1.54, 1.807) is 24.0 Å². The zero-order valence-electron chi connectivity index (χ0n) is 17.1. The molecule has 0 aliphatic carbocycles. The van der Waals surface area contributed by atoms with E-state index < -0.39 is 10.0 Å². The van der Waals surface area contributed by atoms with Crippen LogP contribution in [0.5, 0.6) is 0 Å². The fourth-order valence-electron chi connectivity index (χ4n) is 3.97. The molecule has 3 aromatic rings. The maximum absolute atomic E-state index is 13.1. The molecule has 3 aromatic carbocycles. The van der Waals surface area contributed by atoms with Gasteiger partial charge in [-0.3, -0.25) is 9.10 Å². The van der Waals surface area contributed by atoms with Gasteiger partial charge in [-0.15, -0.1) is 0 Å². The molecule has 1 aliphatic heterocycles. The molecule has 0 bridgehead atoms. The van der Waals surface area contributed by atoms with E-state index in [9.17, 15) is 13.2 Å². The van der Waals surface area contributed by atoms with Crippen molar-refractivity contribution in [3.05, 3.63) is 66.2 Å². The van der Waals surface area contributed by atoms with Crippen molar-refractivity contribution >= 4 is 38.1 Å². The summed E-state index contributed by atoms with van der Waals surface area (Å²) in [5.41, 5.74) is 2.64. The van der Waals surface area contributed by atoms with Gasteiger partial charge < -0.3 is 10.2 Å². The molecular formula is C23H25N3O3S. The maximum Gasteiger partial charge on any atom is 0.265 e. The normalized spacial score (nSPS) is 14.1. The minimum absolute atomic E-state index is 0.0290.